The third kappa shape index (κ3) is 4.09. The second-order valence-corrected chi connectivity index (χ2v) is 7.41. The Bertz CT molecular complexity index is 1200. The quantitative estimate of drug-likeness (QED) is 0.295. The molecule has 31 heavy (non-hydrogen) atoms. The van der Waals surface area contributed by atoms with Crippen LogP contribution < -0.4 is 24.1 Å². The molecule has 0 radical (unpaired) electrons. The zero-order valence-corrected chi connectivity index (χ0v) is 18.9. The van der Waals surface area contributed by atoms with Crippen LogP contribution in [0.15, 0.2) is 77.4 Å². The van der Waals surface area contributed by atoms with E-state index in [1.807, 2.05) is 66.7 Å². The Morgan fingerprint density at radius 1 is 0.742 bits per heavy atom. The number of halogens is 1. The lowest BCUT2D eigenvalue weighted by Crippen LogP contribution is -2.22. The lowest BCUT2D eigenvalue weighted by Gasteiger charge is -2.27. The van der Waals surface area contributed by atoms with Crippen LogP contribution in [-0.2, 0) is 0 Å². The third-order valence-corrected chi connectivity index (χ3v) is 5.33. The molecule has 0 aliphatic heterocycles. The molecule has 0 aliphatic rings. The number of fused-ring (bicyclic) bond motifs is 1. The first kappa shape index (κ1) is 20.8. The van der Waals surface area contributed by atoms with E-state index in [1.165, 1.54) is 0 Å². The van der Waals surface area contributed by atoms with Crippen molar-refractivity contribution in [3.05, 3.63) is 77.4 Å². The fraction of sp³-hybridized carbons (Fsp3) is 0.125. The molecule has 1 heterocycles. The van der Waals surface area contributed by atoms with Gasteiger partial charge in [-0.2, -0.15) is 5.06 Å². The summed E-state index contributed by atoms with van der Waals surface area (Å²) in [6.07, 6.45) is 1.74. The first-order valence-electron chi connectivity index (χ1n) is 9.52. The van der Waals surface area contributed by atoms with Crippen LogP contribution in [0.2, 0.25) is 0 Å². The molecular formula is C24H21BrN2O4. The van der Waals surface area contributed by atoms with Crippen molar-refractivity contribution in [3.63, 3.8) is 0 Å². The number of benzene rings is 3. The summed E-state index contributed by atoms with van der Waals surface area (Å²) in [6.45, 7) is 0. The van der Waals surface area contributed by atoms with Gasteiger partial charge in [-0.1, -0.05) is 30.3 Å². The van der Waals surface area contributed by atoms with E-state index < -0.39 is 0 Å². The molecule has 0 spiro atoms. The molecular weight excluding hydrogens is 460 g/mol. The van der Waals surface area contributed by atoms with Gasteiger partial charge in [0.05, 0.1) is 37.0 Å². The maximum absolute atomic E-state index is 6.41. The Morgan fingerprint density at radius 2 is 1.35 bits per heavy atom. The monoisotopic (exact) mass is 480 g/mol. The van der Waals surface area contributed by atoms with Crippen molar-refractivity contribution in [3.8, 4) is 23.0 Å². The zero-order valence-electron chi connectivity index (χ0n) is 17.3. The summed E-state index contributed by atoms with van der Waals surface area (Å²) in [5.74, 6) is 2.40. The fourth-order valence-corrected chi connectivity index (χ4v) is 3.75. The first-order valence-corrected chi connectivity index (χ1v) is 10.3. The number of anilines is 2. The van der Waals surface area contributed by atoms with Crippen LogP contribution in [0.25, 0.3) is 10.9 Å². The Morgan fingerprint density at radius 3 is 2.03 bits per heavy atom. The summed E-state index contributed by atoms with van der Waals surface area (Å²) >= 11 is 3.66. The minimum Gasteiger partial charge on any atom is -0.493 e. The van der Waals surface area contributed by atoms with E-state index in [1.54, 1.807) is 32.6 Å². The molecule has 158 valence electrons. The van der Waals surface area contributed by atoms with Gasteiger partial charge >= 0.3 is 0 Å². The number of pyridine rings is 1. The molecule has 4 rings (SSSR count). The summed E-state index contributed by atoms with van der Waals surface area (Å²) in [6, 6.07) is 21.0. The smallest absolute Gasteiger partial charge is 0.197 e. The maximum atomic E-state index is 6.41. The van der Waals surface area contributed by atoms with Crippen molar-refractivity contribution in [2.45, 2.75) is 0 Å². The minimum atomic E-state index is 0.575. The molecule has 0 N–H and O–H groups in total. The van der Waals surface area contributed by atoms with Gasteiger partial charge in [-0.3, -0.25) is 4.98 Å². The Labute approximate surface area is 189 Å². The van der Waals surface area contributed by atoms with Crippen molar-refractivity contribution in [2.24, 2.45) is 0 Å². The highest BCUT2D eigenvalue weighted by atomic mass is 79.9. The summed E-state index contributed by atoms with van der Waals surface area (Å²) in [4.78, 5) is 11.0. The average Bonchev–Trinajstić information content (AvgIpc) is 2.82. The number of nitrogens with zero attached hydrogens (tertiary/aromatic N) is 2. The van der Waals surface area contributed by atoms with Gasteiger partial charge in [0.15, 0.2) is 23.0 Å². The number of para-hydroxylation sites is 3. The Kier molecular flexibility index (Phi) is 6.13. The number of hydrogen-bond acceptors (Lipinski definition) is 6. The van der Waals surface area contributed by atoms with Crippen LogP contribution in [0.5, 0.6) is 23.0 Å². The van der Waals surface area contributed by atoms with Crippen molar-refractivity contribution in [1.82, 2.24) is 4.98 Å². The largest absolute Gasteiger partial charge is 0.493 e. The highest BCUT2D eigenvalue weighted by molar-refractivity contribution is 9.10. The van der Waals surface area contributed by atoms with Gasteiger partial charge in [0.1, 0.15) is 5.69 Å². The van der Waals surface area contributed by atoms with Crippen molar-refractivity contribution in [2.75, 3.05) is 26.4 Å². The second kappa shape index (κ2) is 9.14. The topological polar surface area (TPSA) is 53.1 Å². The van der Waals surface area contributed by atoms with Crippen LogP contribution >= 0.6 is 15.9 Å². The van der Waals surface area contributed by atoms with Crippen LogP contribution in [0.3, 0.4) is 0 Å². The van der Waals surface area contributed by atoms with Gasteiger partial charge in [-0.25, -0.2) is 0 Å². The zero-order chi connectivity index (χ0) is 21.8. The van der Waals surface area contributed by atoms with E-state index in [0.29, 0.717) is 23.0 Å². The molecule has 0 unspecified atom stereocenters. The van der Waals surface area contributed by atoms with Crippen LogP contribution in [0.1, 0.15) is 0 Å². The van der Waals surface area contributed by atoms with Crippen LogP contribution in [0.4, 0.5) is 11.4 Å². The Hall–Kier alpha value is -3.45. The van der Waals surface area contributed by atoms with Crippen molar-refractivity contribution in [1.29, 1.82) is 0 Å². The van der Waals surface area contributed by atoms with Gasteiger partial charge in [-0.05, 0) is 46.3 Å². The number of methoxy groups -OCH3 is 3. The highest BCUT2D eigenvalue weighted by Gasteiger charge is 2.22. The van der Waals surface area contributed by atoms with Crippen LogP contribution in [-0.4, -0.2) is 26.3 Å². The van der Waals surface area contributed by atoms with E-state index in [0.717, 1.165) is 26.8 Å². The SMILES string of the molecule is COc1cc2ncc(Br)c(N(Oc3ccccc3OC)c3ccccc3)c2cc1OC. The predicted octanol–water partition coefficient (Wildman–Crippen LogP) is 6.16. The number of aromatic nitrogens is 1. The van der Waals surface area contributed by atoms with E-state index in [4.69, 9.17) is 19.0 Å². The molecule has 7 heteroatoms. The van der Waals surface area contributed by atoms with Gasteiger partial charge in [0, 0.05) is 17.6 Å². The summed E-state index contributed by atoms with van der Waals surface area (Å²) < 4.78 is 17.2. The molecule has 0 atom stereocenters. The molecule has 0 amide bonds. The molecule has 4 aromatic rings. The number of hydrogen-bond donors (Lipinski definition) is 0. The van der Waals surface area contributed by atoms with Gasteiger partial charge in [0.25, 0.3) is 0 Å². The molecule has 0 saturated carbocycles. The van der Waals surface area contributed by atoms with E-state index >= 15 is 0 Å². The summed E-state index contributed by atoms with van der Waals surface area (Å²) in [7, 11) is 4.82. The first-order chi connectivity index (χ1) is 15.2. The molecule has 1 aromatic heterocycles. The van der Waals surface area contributed by atoms with Gasteiger partial charge in [-0.15, -0.1) is 0 Å². The molecule has 0 bridgehead atoms. The van der Waals surface area contributed by atoms with Crippen LogP contribution in [0, 0.1) is 0 Å². The molecule has 0 fully saturated rings. The normalized spacial score (nSPS) is 10.6. The fourth-order valence-electron chi connectivity index (χ4n) is 3.27. The van der Waals surface area contributed by atoms with E-state index in [9.17, 15) is 0 Å². The van der Waals surface area contributed by atoms with Crippen molar-refractivity contribution < 1.29 is 19.0 Å². The third-order valence-electron chi connectivity index (χ3n) is 4.75. The van der Waals surface area contributed by atoms with Crippen molar-refractivity contribution >= 4 is 38.2 Å². The average molecular weight is 481 g/mol. The minimum absolute atomic E-state index is 0.575. The Balaban J connectivity index is 1.95. The van der Waals surface area contributed by atoms with Gasteiger partial charge in [0.2, 0.25) is 0 Å². The number of ether oxygens (including phenoxy) is 3. The van der Waals surface area contributed by atoms with E-state index in [-0.39, 0.29) is 0 Å². The number of rotatable bonds is 7. The summed E-state index contributed by atoms with van der Waals surface area (Å²) in [5, 5.41) is 2.57. The molecule has 3 aromatic carbocycles. The molecule has 0 aliphatic carbocycles. The summed E-state index contributed by atoms with van der Waals surface area (Å²) in [5.41, 5.74) is 2.33. The maximum Gasteiger partial charge on any atom is 0.197 e. The lowest BCUT2D eigenvalue weighted by atomic mass is 10.1. The highest BCUT2D eigenvalue weighted by Crippen LogP contribution is 2.42. The lowest BCUT2D eigenvalue weighted by molar-refractivity contribution is 0.299. The van der Waals surface area contributed by atoms with Gasteiger partial charge < -0.3 is 19.0 Å². The second-order valence-electron chi connectivity index (χ2n) is 6.55. The van der Waals surface area contributed by atoms with E-state index in [2.05, 4.69) is 20.9 Å². The standard InChI is InChI=1S/C24H21BrN2O4/c1-28-20-11-7-8-12-21(20)31-27(16-9-5-4-6-10-16)24-17-13-22(29-2)23(30-3)14-19(17)26-15-18(24)25/h4-15H,1-3H3. The molecule has 0 saturated heterocycles. The predicted molar refractivity (Wildman–Crippen MR) is 125 cm³/mol. The molecule has 6 nitrogen and oxygen atoms in total.